The Morgan fingerprint density at radius 1 is 1.38 bits per heavy atom. The Morgan fingerprint density at radius 3 is 2.67 bits per heavy atom. The number of aromatic nitrogens is 3. The number of nitrogens with one attached hydrogen (secondary N) is 2. The van der Waals surface area contributed by atoms with Gasteiger partial charge in [0, 0.05) is 19.5 Å². The number of thioether (sulfide) groups is 1. The van der Waals surface area contributed by atoms with Crippen LogP contribution in [0.4, 0.5) is 0 Å². The molecule has 6 nitrogen and oxygen atoms in total. The van der Waals surface area contributed by atoms with Gasteiger partial charge in [0.2, 0.25) is 5.91 Å². The van der Waals surface area contributed by atoms with Gasteiger partial charge in [-0.05, 0) is 25.6 Å². The van der Waals surface area contributed by atoms with Crippen molar-refractivity contribution in [2.75, 3.05) is 26.4 Å². The molecule has 0 aliphatic carbocycles. The van der Waals surface area contributed by atoms with Crippen molar-refractivity contribution in [3.63, 3.8) is 0 Å². The highest BCUT2D eigenvalue weighted by Gasteiger charge is 2.12. The fourth-order valence-corrected chi connectivity index (χ4v) is 2.42. The standard InChI is InChI=1S/C13H25N5OS.ClH/c1-10(2)9-18-11(16-17-13(18)20-4)6-5-7-15-12(19)8-14-3;/h10,14H,5-9H2,1-4H3,(H,15,19);1H. The number of rotatable bonds is 9. The van der Waals surface area contributed by atoms with Crippen molar-refractivity contribution in [3.8, 4) is 0 Å². The highest BCUT2D eigenvalue weighted by Crippen LogP contribution is 2.16. The molecule has 2 N–H and O–H groups in total. The average molecular weight is 336 g/mol. The summed E-state index contributed by atoms with van der Waals surface area (Å²) in [5.74, 6) is 1.60. The van der Waals surface area contributed by atoms with Crippen LogP contribution in [0.5, 0.6) is 0 Å². The molecule has 122 valence electrons. The quantitative estimate of drug-likeness (QED) is 0.526. The Labute approximate surface area is 137 Å². The summed E-state index contributed by atoms with van der Waals surface area (Å²) in [6, 6.07) is 0. The second-order valence-electron chi connectivity index (χ2n) is 5.09. The molecule has 21 heavy (non-hydrogen) atoms. The van der Waals surface area contributed by atoms with Crippen LogP contribution in [0.3, 0.4) is 0 Å². The van der Waals surface area contributed by atoms with Crippen molar-refractivity contribution >= 4 is 30.1 Å². The molecule has 0 aliphatic heterocycles. The zero-order valence-electron chi connectivity index (χ0n) is 13.2. The smallest absolute Gasteiger partial charge is 0.233 e. The summed E-state index contributed by atoms with van der Waals surface area (Å²) in [4.78, 5) is 11.3. The molecular weight excluding hydrogens is 310 g/mol. The van der Waals surface area contributed by atoms with Crippen LogP contribution in [0.25, 0.3) is 0 Å². The predicted octanol–water partition coefficient (Wildman–Crippen LogP) is 1.35. The van der Waals surface area contributed by atoms with Crippen LogP contribution < -0.4 is 10.6 Å². The number of likely N-dealkylation sites (N-methyl/N-ethyl adjacent to an activating group) is 1. The Morgan fingerprint density at radius 2 is 2.10 bits per heavy atom. The minimum atomic E-state index is 0. The average Bonchev–Trinajstić information content (AvgIpc) is 2.76. The number of hydrogen-bond acceptors (Lipinski definition) is 5. The first-order valence-electron chi connectivity index (χ1n) is 6.95. The van der Waals surface area contributed by atoms with Gasteiger partial charge in [0.15, 0.2) is 5.16 Å². The molecule has 0 aromatic carbocycles. The number of nitrogens with zero attached hydrogens (tertiary/aromatic N) is 3. The van der Waals surface area contributed by atoms with Gasteiger partial charge in [-0.1, -0.05) is 25.6 Å². The molecule has 0 aliphatic rings. The lowest BCUT2D eigenvalue weighted by Gasteiger charge is -2.11. The highest BCUT2D eigenvalue weighted by atomic mass is 35.5. The molecule has 1 aromatic heterocycles. The van der Waals surface area contributed by atoms with Gasteiger partial charge in [0.05, 0.1) is 6.54 Å². The van der Waals surface area contributed by atoms with Crippen molar-refractivity contribution in [1.82, 2.24) is 25.4 Å². The van der Waals surface area contributed by atoms with Crippen molar-refractivity contribution in [3.05, 3.63) is 5.82 Å². The van der Waals surface area contributed by atoms with Crippen LogP contribution in [0.15, 0.2) is 5.16 Å². The maximum atomic E-state index is 11.3. The SMILES string of the molecule is CNCC(=O)NCCCc1nnc(SC)n1CC(C)C.Cl. The van der Waals surface area contributed by atoms with E-state index in [1.54, 1.807) is 18.8 Å². The van der Waals surface area contributed by atoms with E-state index < -0.39 is 0 Å². The van der Waals surface area contributed by atoms with Crippen molar-refractivity contribution in [2.24, 2.45) is 5.92 Å². The zero-order valence-corrected chi connectivity index (χ0v) is 14.8. The van der Waals surface area contributed by atoms with Gasteiger partial charge >= 0.3 is 0 Å². The number of amides is 1. The van der Waals surface area contributed by atoms with Gasteiger partial charge in [-0.15, -0.1) is 22.6 Å². The van der Waals surface area contributed by atoms with E-state index in [-0.39, 0.29) is 18.3 Å². The minimum Gasteiger partial charge on any atom is -0.355 e. The van der Waals surface area contributed by atoms with Gasteiger partial charge in [-0.3, -0.25) is 4.79 Å². The van der Waals surface area contributed by atoms with Crippen molar-refractivity contribution < 1.29 is 4.79 Å². The van der Waals surface area contributed by atoms with Gasteiger partial charge in [-0.25, -0.2) is 0 Å². The summed E-state index contributed by atoms with van der Waals surface area (Å²) >= 11 is 1.62. The zero-order chi connectivity index (χ0) is 15.0. The number of halogens is 1. The van der Waals surface area contributed by atoms with Crippen LogP contribution in [0.2, 0.25) is 0 Å². The third kappa shape index (κ3) is 7.15. The molecule has 0 fully saturated rings. The molecule has 8 heteroatoms. The summed E-state index contributed by atoms with van der Waals surface area (Å²) in [6.07, 6.45) is 3.72. The molecule has 1 aromatic rings. The number of aryl methyl sites for hydroxylation is 1. The third-order valence-corrected chi connectivity index (χ3v) is 3.43. The Bertz CT molecular complexity index is 425. The van der Waals surface area contributed by atoms with E-state index in [0.717, 1.165) is 30.4 Å². The number of carbonyl (C=O) groups is 1. The van der Waals surface area contributed by atoms with E-state index in [9.17, 15) is 4.79 Å². The van der Waals surface area contributed by atoms with E-state index >= 15 is 0 Å². The Balaban J connectivity index is 0.00000400. The monoisotopic (exact) mass is 335 g/mol. The molecule has 1 rings (SSSR count). The summed E-state index contributed by atoms with van der Waals surface area (Å²) in [5.41, 5.74) is 0. The van der Waals surface area contributed by atoms with Crippen molar-refractivity contribution in [1.29, 1.82) is 0 Å². The third-order valence-electron chi connectivity index (χ3n) is 2.76. The van der Waals surface area contributed by atoms with Gasteiger partial charge in [0.25, 0.3) is 0 Å². The second-order valence-corrected chi connectivity index (χ2v) is 5.86. The first-order valence-corrected chi connectivity index (χ1v) is 8.18. The molecule has 0 spiro atoms. The molecule has 1 amide bonds. The summed E-state index contributed by atoms with van der Waals surface area (Å²) in [7, 11) is 1.76. The van der Waals surface area contributed by atoms with Crippen LogP contribution in [-0.2, 0) is 17.8 Å². The number of hydrogen-bond donors (Lipinski definition) is 2. The van der Waals surface area contributed by atoms with Crippen LogP contribution in [0.1, 0.15) is 26.1 Å². The molecule has 0 saturated heterocycles. The van der Waals surface area contributed by atoms with Crippen LogP contribution in [0, 0.1) is 5.92 Å². The predicted molar refractivity (Wildman–Crippen MR) is 89.1 cm³/mol. The lowest BCUT2D eigenvalue weighted by molar-refractivity contribution is -0.120. The van der Waals surface area contributed by atoms with Gasteiger partial charge in [0.1, 0.15) is 5.82 Å². The summed E-state index contributed by atoms with van der Waals surface area (Å²) < 4.78 is 2.19. The fourth-order valence-electron chi connectivity index (χ4n) is 1.90. The van der Waals surface area contributed by atoms with E-state index in [2.05, 4.69) is 39.2 Å². The van der Waals surface area contributed by atoms with E-state index in [4.69, 9.17) is 0 Å². The first-order chi connectivity index (χ1) is 9.58. The summed E-state index contributed by atoms with van der Waals surface area (Å²) in [6.45, 7) is 6.34. The Hall–Kier alpha value is -0.790. The van der Waals surface area contributed by atoms with Gasteiger partial charge in [-0.2, -0.15) is 0 Å². The molecule has 0 saturated carbocycles. The lowest BCUT2D eigenvalue weighted by Crippen LogP contribution is -2.32. The van der Waals surface area contributed by atoms with E-state index in [1.807, 2.05) is 6.26 Å². The van der Waals surface area contributed by atoms with E-state index in [0.29, 0.717) is 19.0 Å². The van der Waals surface area contributed by atoms with E-state index in [1.165, 1.54) is 0 Å². The molecule has 0 bridgehead atoms. The van der Waals surface area contributed by atoms with Gasteiger partial charge < -0.3 is 15.2 Å². The second kappa shape index (κ2) is 10.9. The summed E-state index contributed by atoms with van der Waals surface area (Å²) in [5, 5.41) is 15.1. The molecule has 1 heterocycles. The molecule has 0 unspecified atom stereocenters. The molecular formula is C13H26ClN5OS. The van der Waals surface area contributed by atoms with Crippen LogP contribution >= 0.6 is 24.2 Å². The largest absolute Gasteiger partial charge is 0.355 e. The maximum Gasteiger partial charge on any atom is 0.233 e. The van der Waals surface area contributed by atoms with Crippen LogP contribution in [-0.4, -0.2) is 47.1 Å². The fraction of sp³-hybridized carbons (Fsp3) is 0.769. The highest BCUT2D eigenvalue weighted by molar-refractivity contribution is 7.98. The van der Waals surface area contributed by atoms with Crippen molar-refractivity contribution in [2.45, 2.75) is 38.4 Å². The molecule has 0 radical (unpaired) electrons. The topological polar surface area (TPSA) is 71.8 Å². The normalized spacial score (nSPS) is 10.5. The maximum absolute atomic E-state index is 11.3. The Kier molecular flexibility index (Phi) is 10.5. The molecule has 0 atom stereocenters. The minimum absolute atomic E-state index is 0. The first kappa shape index (κ1) is 20.2. The number of carbonyl (C=O) groups excluding carboxylic acids is 1. The lowest BCUT2D eigenvalue weighted by atomic mass is 10.2.